The third-order valence-electron chi connectivity index (χ3n) is 2.76. The summed E-state index contributed by atoms with van der Waals surface area (Å²) in [5.41, 5.74) is 7.18. The zero-order valence-electron chi connectivity index (χ0n) is 10.4. The number of ether oxygens (including phenoxy) is 1. The van der Waals surface area contributed by atoms with E-state index in [9.17, 15) is 4.39 Å². The lowest BCUT2D eigenvalue weighted by molar-refractivity contribution is 0.0865. The minimum Gasteiger partial charge on any atom is -0.367 e. The highest BCUT2D eigenvalue weighted by Gasteiger charge is 2.17. The van der Waals surface area contributed by atoms with Gasteiger partial charge in [0.15, 0.2) is 0 Å². The lowest BCUT2D eigenvalue weighted by Crippen LogP contribution is -2.14. The average molecular weight is 280 g/mol. The Bertz CT molecular complexity index is 530. The van der Waals surface area contributed by atoms with E-state index in [2.05, 4.69) is 0 Å². The van der Waals surface area contributed by atoms with Gasteiger partial charge in [0.25, 0.3) is 0 Å². The summed E-state index contributed by atoms with van der Waals surface area (Å²) in [6.45, 7) is 0.829. The van der Waals surface area contributed by atoms with Gasteiger partial charge in [0.2, 0.25) is 0 Å². The summed E-state index contributed by atoms with van der Waals surface area (Å²) in [4.78, 5) is 0. The topological polar surface area (TPSA) is 35.2 Å². The Kier molecular flexibility index (Phi) is 4.91. The lowest BCUT2D eigenvalue weighted by Gasteiger charge is -2.19. The van der Waals surface area contributed by atoms with Crippen LogP contribution >= 0.6 is 11.6 Å². The van der Waals surface area contributed by atoms with E-state index in [-0.39, 0.29) is 11.9 Å². The Morgan fingerprint density at radius 1 is 1.11 bits per heavy atom. The number of rotatable bonds is 5. The van der Waals surface area contributed by atoms with Crippen molar-refractivity contribution in [1.82, 2.24) is 0 Å². The van der Waals surface area contributed by atoms with Crippen molar-refractivity contribution in [3.8, 4) is 0 Å². The zero-order chi connectivity index (χ0) is 13.7. The van der Waals surface area contributed by atoms with E-state index in [0.717, 1.165) is 11.1 Å². The van der Waals surface area contributed by atoms with E-state index < -0.39 is 0 Å². The number of hydrogen-bond donors (Lipinski definition) is 1. The molecule has 0 aromatic heterocycles. The van der Waals surface area contributed by atoms with Crippen LogP contribution in [0.5, 0.6) is 0 Å². The van der Waals surface area contributed by atoms with Crippen LogP contribution in [0.3, 0.4) is 0 Å². The molecule has 2 rings (SSSR count). The number of nitrogens with two attached hydrogens (primary N) is 1. The molecule has 2 nitrogen and oxygen atoms in total. The maximum atomic E-state index is 13.0. The van der Waals surface area contributed by atoms with Crippen LogP contribution in [-0.2, 0) is 4.74 Å². The molecule has 0 radical (unpaired) electrons. The zero-order valence-corrected chi connectivity index (χ0v) is 11.1. The summed E-state index contributed by atoms with van der Waals surface area (Å²) in [5, 5.41) is 0.619. The summed E-state index contributed by atoms with van der Waals surface area (Å²) >= 11 is 6.19. The first-order chi connectivity index (χ1) is 9.22. The van der Waals surface area contributed by atoms with Gasteiger partial charge in [0.05, 0.1) is 6.61 Å². The molecular formula is C15H15ClFNO. The molecule has 4 heteroatoms. The highest BCUT2D eigenvalue weighted by atomic mass is 35.5. The Morgan fingerprint density at radius 2 is 1.79 bits per heavy atom. The van der Waals surface area contributed by atoms with E-state index in [4.69, 9.17) is 22.1 Å². The molecule has 0 amide bonds. The second kappa shape index (κ2) is 6.66. The molecule has 0 aliphatic rings. The van der Waals surface area contributed by atoms with Crippen LogP contribution in [0, 0.1) is 5.82 Å². The summed E-state index contributed by atoms with van der Waals surface area (Å²) < 4.78 is 18.7. The molecular weight excluding hydrogens is 265 g/mol. The molecule has 0 bridgehead atoms. The van der Waals surface area contributed by atoms with Gasteiger partial charge in [-0.1, -0.05) is 41.9 Å². The Morgan fingerprint density at radius 3 is 2.42 bits per heavy atom. The van der Waals surface area contributed by atoms with Crippen LogP contribution in [0.1, 0.15) is 17.2 Å². The smallest absolute Gasteiger partial charge is 0.123 e. The third kappa shape index (κ3) is 3.53. The fourth-order valence-electron chi connectivity index (χ4n) is 1.88. The normalized spacial score (nSPS) is 12.4. The van der Waals surface area contributed by atoms with Crippen LogP contribution in [-0.4, -0.2) is 13.2 Å². The van der Waals surface area contributed by atoms with Gasteiger partial charge in [-0.25, -0.2) is 4.39 Å². The highest BCUT2D eigenvalue weighted by Crippen LogP contribution is 2.31. The molecule has 2 aromatic rings. The van der Waals surface area contributed by atoms with Gasteiger partial charge < -0.3 is 10.5 Å². The third-order valence-corrected chi connectivity index (χ3v) is 3.11. The van der Waals surface area contributed by atoms with Crippen molar-refractivity contribution in [3.63, 3.8) is 0 Å². The summed E-state index contributed by atoms with van der Waals surface area (Å²) in [5.74, 6) is -0.277. The Hall–Kier alpha value is -1.42. The van der Waals surface area contributed by atoms with Crippen molar-refractivity contribution in [1.29, 1.82) is 0 Å². The van der Waals surface area contributed by atoms with E-state index in [1.165, 1.54) is 12.1 Å². The number of halogens is 2. The summed E-state index contributed by atoms with van der Waals surface area (Å²) in [6, 6.07) is 13.7. The van der Waals surface area contributed by atoms with Crippen molar-refractivity contribution in [2.24, 2.45) is 5.73 Å². The molecule has 0 spiro atoms. The molecule has 0 aliphatic carbocycles. The van der Waals surface area contributed by atoms with E-state index in [1.54, 1.807) is 18.2 Å². The minimum atomic E-state index is -0.335. The van der Waals surface area contributed by atoms with Crippen LogP contribution < -0.4 is 5.73 Å². The standard InChI is InChI=1S/C15H15ClFNO/c16-14-4-2-1-3-13(14)15(19-10-9-18)11-5-7-12(17)8-6-11/h1-8,15H,9-10,18H2. The molecule has 2 aromatic carbocycles. The van der Waals surface area contributed by atoms with Crippen molar-refractivity contribution in [2.75, 3.05) is 13.2 Å². The van der Waals surface area contributed by atoms with Gasteiger partial charge >= 0.3 is 0 Å². The van der Waals surface area contributed by atoms with Crippen LogP contribution in [0.2, 0.25) is 5.02 Å². The summed E-state index contributed by atoms with van der Waals surface area (Å²) in [6.07, 6.45) is -0.335. The van der Waals surface area contributed by atoms with Gasteiger partial charge in [-0.2, -0.15) is 0 Å². The first-order valence-corrected chi connectivity index (χ1v) is 6.41. The second-order valence-corrected chi connectivity index (χ2v) is 4.52. The molecule has 19 heavy (non-hydrogen) atoms. The molecule has 0 saturated carbocycles. The van der Waals surface area contributed by atoms with Gasteiger partial charge in [0, 0.05) is 17.1 Å². The minimum absolute atomic E-state index is 0.277. The molecule has 1 unspecified atom stereocenters. The predicted molar refractivity (Wildman–Crippen MR) is 74.7 cm³/mol. The van der Waals surface area contributed by atoms with Crippen LogP contribution in [0.25, 0.3) is 0 Å². The molecule has 2 N–H and O–H groups in total. The second-order valence-electron chi connectivity index (χ2n) is 4.11. The fraction of sp³-hybridized carbons (Fsp3) is 0.200. The number of benzene rings is 2. The van der Waals surface area contributed by atoms with Crippen LogP contribution in [0.15, 0.2) is 48.5 Å². The SMILES string of the molecule is NCCOC(c1ccc(F)cc1)c1ccccc1Cl. The Balaban J connectivity index is 2.35. The fourth-order valence-corrected chi connectivity index (χ4v) is 2.11. The number of hydrogen-bond acceptors (Lipinski definition) is 2. The molecule has 0 saturated heterocycles. The van der Waals surface area contributed by atoms with Crippen molar-refractivity contribution in [2.45, 2.75) is 6.10 Å². The predicted octanol–water partition coefficient (Wildman–Crippen LogP) is 3.54. The van der Waals surface area contributed by atoms with E-state index in [1.807, 2.05) is 18.2 Å². The van der Waals surface area contributed by atoms with Crippen molar-refractivity contribution in [3.05, 3.63) is 70.5 Å². The quantitative estimate of drug-likeness (QED) is 0.908. The molecule has 1 atom stereocenters. The monoisotopic (exact) mass is 279 g/mol. The van der Waals surface area contributed by atoms with Gasteiger partial charge in [0.1, 0.15) is 11.9 Å². The molecule has 100 valence electrons. The first kappa shape index (κ1) is 14.0. The van der Waals surface area contributed by atoms with Crippen molar-refractivity contribution < 1.29 is 9.13 Å². The molecule has 0 heterocycles. The highest BCUT2D eigenvalue weighted by molar-refractivity contribution is 6.31. The molecule has 0 aliphatic heterocycles. The van der Waals surface area contributed by atoms with E-state index in [0.29, 0.717) is 18.2 Å². The summed E-state index contributed by atoms with van der Waals surface area (Å²) in [7, 11) is 0. The van der Waals surface area contributed by atoms with Gasteiger partial charge in [-0.15, -0.1) is 0 Å². The van der Waals surface area contributed by atoms with E-state index >= 15 is 0 Å². The Labute approximate surface area is 117 Å². The lowest BCUT2D eigenvalue weighted by atomic mass is 10.0. The molecule has 0 fully saturated rings. The first-order valence-electron chi connectivity index (χ1n) is 6.04. The largest absolute Gasteiger partial charge is 0.367 e. The maximum Gasteiger partial charge on any atom is 0.123 e. The average Bonchev–Trinajstić information content (AvgIpc) is 2.43. The van der Waals surface area contributed by atoms with Gasteiger partial charge in [-0.3, -0.25) is 0 Å². The van der Waals surface area contributed by atoms with Gasteiger partial charge in [-0.05, 0) is 23.8 Å². The van der Waals surface area contributed by atoms with Crippen LogP contribution in [0.4, 0.5) is 4.39 Å². The van der Waals surface area contributed by atoms with Crippen molar-refractivity contribution >= 4 is 11.6 Å². The maximum absolute atomic E-state index is 13.0.